The molecule has 114 valence electrons. The van der Waals surface area contributed by atoms with Crippen LogP contribution < -0.4 is 0 Å². The first-order valence-corrected chi connectivity index (χ1v) is 7.45. The highest BCUT2D eigenvalue weighted by atomic mass is 19.1. The predicted octanol–water partition coefficient (Wildman–Crippen LogP) is 5.45. The van der Waals surface area contributed by atoms with Crippen LogP contribution in [0.1, 0.15) is 33.7 Å². The van der Waals surface area contributed by atoms with Gasteiger partial charge in [-0.1, -0.05) is 48.0 Å². The Bertz CT molecular complexity index is 683. The molecular weight excluding hydrogens is 273 g/mol. The number of allylic oxidation sites excluding steroid dienone is 1. The van der Waals surface area contributed by atoms with Crippen molar-refractivity contribution in [2.75, 3.05) is 0 Å². The quantitative estimate of drug-likeness (QED) is 0.650. The number of rotatable bonds is 5. The molecule has 2 heteroatoms. The van der Waals surface area contributed by atoms with Crippen molar-refractivity contribution in [3.63, 3.8) is 0 Å². The van der Waals surface area contributed by atoms with E-state index in [0.717, 1.165) is 5.56 Å². The molecule has 0 saturated heterocycles. The van der Waals surface area contributed by atoms with E-state index in [2.05, 4.69) is 68.9 Å². The minimum absolute atomic E-state index is 0.120. The van der Waals surface area contributed by atoms with E-state index in [1.54, 1.807) is 0 Å². The lowest BCUT2D eigenvalue weighted by molar-refractivity contribution is 0.669. The number of nitrogens with zero attached hydrogens (tertiary/aromatic N) is 1. The van der Waals surface area contributed by atoms with Crippen molar-refractivity contribution in [2.24, 2.45) is 4.99 Å². The summed E-state index contributed by atoms with van der Waals surface area (Å²) in [5, 5.41) is 0. The fourth-order valence-corrected chi connectivity index (χ4v) is 2.71. The Morgan fingerprint density at radius 1 is 1.14 bits per heavy atom. The molecule has 0 aliphatic carbocycles. The SMILES string of the molecule is C=N/C(=C\F)C(Cc1ccc(C)cc1)c1cccc(C)c1C. The second-order valence-corrected chi connectivity index (χ2v) is 5.72. The minimum atomic E-state index is -0.120. The Hall–Kier alpha value is -2.22. The molecule has 22 heavy (non-hydrogen) atoms. The molecule has 0 aliphatic rings. The van der Waals surface area contributed by atoms with Crippen LogP contribution in [0.4, 0.5) is 4.39 Å². The van der Waals surface area contributed by atoms with E-state index in [1.807, 2.05) is 6.07 Å². The van der Waals surface area contributed by atoms with Crippen molar-refractivity contribution in [1.82, 2.24) is 0 Å². The van der Waals surface area contributed by atoms with Crippen molar-refractivity contribution in [3.8, 4) is 0 Å². The molecule has 2 rings (SSSR count). The van der Waals surface area contributed by atoms with Crippen molar-refractivity contribution in [1.29, 1.82) is 0 Å². The highest BCUT2D eigenvalue weighted by Crippen LogP contribution is 2.32. The molecule has 1 unspecified atom stereocenters. The molecule has 0 bridgehead atoms. The van der Waals surface area contributed by atoms with Gasteiger partial charge in [0, 0.05) is 5.92 Å². The molecule has 0 N–H and O–H groups in total. The van der Waals surface area contributed by atoms with E-state index < -0.39 is 0 Å². The van der Waals surface area contributed by atoms with Gasteiger partial charge in [-0.25, -0.2) is 4.39 Å². The third-order valence-electron chi connectivity index (χ3n) is 4.23. The summed E-state index contributed by atoms with van der Waals surface area (Å²) < 4.78 is 13.3. The molecule has 1 atom stereocenters. The van der Waals surface area contributed by atoms with Crippen LogP contribution in [0, 0.1) is 20.8 Å². The smallest absolute Gasteiger partial charge is 0.109 e. The van der Waals surface area contributed by atoms with Crippen LogP contribution >= 0.6 is 0 Å². The number of aliphatic imine (C=N–C) groups is 1. The summed E-state index contributed by atoms with van der Waals surface area (Å²) in [5.74, 6) is -0.120. The van der Waals surface area contributed by atoms with Crippen LogP contribution in [-0.2, 0) is 6.42 Å². The molecule has 2 aromatic rings. The molecular formula is C20H22FN. The average molecular weight is 295 g/mol. The first-order valence-electron chi connectivity index (χ1n) is 7.45. The lowest BCUT2D eigenvalue weighted by Gasteiger charge is -2.20. The second kappa shape index (κ2) is 7.17. The topological polar surface area (TPSA) is 12.4 Å². The molecule has 0 aromatic heterocycles. The van der Waals surface area contributed by atoms with Gasteiger partial charge in [-0.3, -0.25) is 4.99 Å². The minimum Gasteiger partial charge on any atom is -0.266 e. The Kier molecular flexibility index (Phi) is 5.26. The van der Waals surface area contributed by atoms with Gasteiger partial charge in [0.1, 0.15) is 6.33 Å². The normalized spacial score (nSPS) is 13.0. The summed E-state index contributed by atoms with van der Waals surface area (Å²) in [4.78, 5) is 3.90. The highest BCUT2D eigenvalue weighted by Gasteiger charge is 2.19. The van der Waals surface area contributed by atoms with Crippen molar-refractivity contribution in [2.45, 2.75) is 33.1 Å². The standard InChI is InChI=1S/C20H22FN/c1-14-8-10-17(11-9-14)12-19(20(13-21)22-4)18-7-5-6-15(2)16(18)3/h5-11,13,19H,4,12H2,1-3H3/b20-13-. The highest BCUT2D eigenvalue weighted by molar-refractivity contribution is 5.43. The van der Waals surface area contributed by atoms with Crippen LogP contribution in [0.15, 0.2) is 59.5 Å². The predicted molar refractivity (Wildman–Crippen MR) is 92.3 cm³/mol. The first-order chi connectivity index (χ1) is 10.6. The molecule has 0 saturated carbocycles. The third-order valence-corrected chi connectivity index (χ3v) is 4.23. The van der Waals surface area contributed by atoms with Gasteiger partial charge in [0.25, 0.3) is 0 Å². The molecule has 0 radical (unpaired) electrons. The molecule has 1 nitrogen and oxygen atoms in total. The van der Waals surface area contributed by atoms with Crippen molar-refractivity contribution in [3.05, 3.63) is 82.3 Å². The van der Waals surface area contributed by atoms with E-state index in [4.69, 9.17) is 0 Å². The zero-order valence-electron chi connectivity index (χ0n) is 13.4. The zero-order valence-corrected chi connectivity index (χ0v) is 13.4. The molecule has 0 heterocycles. The van der Waals surface area contributed by atoms with Crippen LogP contribution in [0.2, 0.25) is 0 Å². The zero-order chi connectivity index (χ0) is 16.1. The summed E-state index contributed by atoms with van der Waals surface area (Å²) in [6.45, 7) is 9.73. The lowest BCUT2D eigenvalue weighted by atomic mass is 9.85. The fourth-order valence-electron chi connectivity index (χ4n) is 2.71. The van der Waals surface area contributed by atoms with Gasteiger partial charge >= 0.3 is 0 Å². The Balaban J connectivity index is 2.45. The summed E-state index contributed by atoms with van der Waals surface area (Å²) >= 11 is 0. The summed E-state index contributed by atoms with van der Waals surface area (Å²) in [5.41, 5.74) is 6.26. The van der Waals surface area contributed by atoms with Gasteiger partial charge in [0.2, 0.25) is 0 Å². The first kappa shape index (κ1) is 16.2. The summed E-state index contributed by atoms with van der Waals surface area (Å²) in [6, 6.07) is 14.5. The van der Waals surface area contributed by atoms with E-state index >= 15 is 0 Å². The number of hydrogen-bond donors (Lipinski definition) is 0. The number of hydrogen-bond acceptors (Lipinski definition) is 1. The van der Waals surface area contributed by atoms with E-state index in [0.29, 0.717) is 18.4 Å². The van der Waals surface area contributed by atoms with E-state index in [1.165, 1.54) is 22.3 Å². The van der Waals surface area contributed by atoms with Crippen LogP contribution in [0.3, 0.4) is 0 Å². The van der Waals surface area contributed by atoms with E-state index in [9.17, 15) is 4.39 Å². The average Bonchev–Trinajstić information content (AvgIpc) is 2.52. The Morgan fingerprint density at radius 3 is 2.41 bits per heavy atom. The van der Waals surface area contributed by atoms with Gasteiger partial charge in [-0.15, -0.1) is 0 Å². The largest absolute Gasteiger partial charge is 0.266 e. The van der Waals surface area contributed by atoms with Gasteiger partial charge in [-0.05, 0) is 56.2 Å². The molecule has 0 fully saturated rings. The van der Waals surface area contributed by atoms with Crippen molar-refractivity contribution < 1.29 is 4.39 Å². The monoisotopic (exact) mass is 295 g/mol. The number of aryl methyl sites for hydroxylation is 2. The van der Waals surface area contributed by atoms with Crippen LogP contribution in [0.25, 0.3) is 0 Å². The van der Waals surface area contributed by atoms with Gasteiger partial charge in [0.05, 0.1) is 5.70 Å². The fraction of sp³-hybridized carbons (Fsp3) is 0.250. The van der Waals surface area contributed by atoms with Crippen molar-refractivity contribution >= 4 is 6.72 Å². The second-order valence-electron chi connectivity index (χ2n) is 5.72. The molecule has 2 aromatic carbocycles. The van der Waals surface area contributed by atoms with Gasteiger partial charge in [-0.2, -0.15) is 0 Å². The van der Waals surface area contributed by atoms with E-state index in [-0.39, 0.29) is 5.92 Å². The molecule has 0 amide bonds. The lowest BCUT2D eigenvalue weighted by Crippen LogP contribution is -2.08. The third kappa shape index (κ3) is 3.51. The Morgan fingerprint density at radius 2 is 1.82 bits per heavy atom. The van der Waals surface area contributed by atoms with Crippen LogP contribution in [-0.4, -0.2) is 6.72 Å². The molecule has 0 spiro atoms. The summed E-state index contributed by atoms with van der Waals surface area (Å²) in [6.07, 6.45) is 1.28. The van der Waals surface area contributed by atoms with Gasteiger partial charge in [0.15, 0.2) is 0 Å². The van der Waals surface area contributed by atoms with Crippen LogP contribution in [0.5, 0.6) is 0 Å². The summed E-state index contributed by atoms with van der Waals surface area (Å²) in [7, 11) is 0. The number of benzene rings is 2. The maximum atomic E-state index is 13.3. The number of halogens is 1. The molecule has 0 aliphatic heterocycles. The van der Waals surface area contributed by atoms with Gasteiger partial charge < -0.3 is 0 Å². The maximum absolute atomic E-state index is 13.3. The Labute approximate surface area is 132 Å². The maximum Gasteiger partial charge on any atom is 0.109 e.